The summed E-state index contributed by atoms with van der Waals surface area (Å²) in [6.07, 6.45) is 4.66. The Bertz CT molecular complexity index is 387. The second-order valence-electron chi connectivity index (χ2n) is 3.87. The minimum Gasteiger partial charge on any atom is -0.497 e. The zero-order valence-electron chi connectivity index (χ0n) is 9.05. The van der Waals surface area contributed by atoms with Crippen LogP contribution in [0.4, 0.5) is 0 Å². The molecule has 1 heterocycles. The molecule has 2 atom stereocenters. The van der Waals surface area contributed by atoms with E-state index in [-0.39, 0.29) is 11.6 Å². The Kier molecular flexibility index (Phi) is 2.78. The molecule has 0 saturated carbocycles. The molecule has 5 heteroatoms. The lowest BCUT2D eigenvalue weighted by molar-refractivity contribution is -0.130. The molecule has 0 fully saturated rings. The summed E-state index contributed by atoms with van der Waals surface area (Å²) >= 11 is 0. The lowest BCUT2D eigenvalue weighted by Gasteiger charge is -2.36. The van der Waals surface area contributed by atoms with Gasteiger partial charge in [0.15, 0.2) is 11.6 Å². The van der Waals surface area contributed by atoms with Gasteiger partial charge in [-0.1, -0.05) is 0 Å². The van der Waals surface area contributed by atoms with E-state index < -0.39 is 12.0 Å². The standard InChI is InChI=1S/C11H14N2O3/c1-2-16-7-5-8-9(14)3-4-10(15)11(8)13(12)6-7/h3-4,6,8,11H,2,5,12H2,1H3. The molecule has 2 unspecified atom stereocenters. The number of fused-ring (bicyclic) bond motifs is 1. The van der Waals surface area contributed by atoms with E-state index in [4.69, 9.17) is 10.6 Å². The maximum absolute atomic E-state index is 11.7. The lowest BCUT2D eigenvalue weighted by Crippen LogP contribution is -2.53. The van der Waals surface area contributed by atoms with Crippen LogP contribution in [0.5, 0.6) is 0 Å². The molecule has 5 nitrogen and oxygen atoms in total. The number of rotatable bonds is 2. The van der Waals surface area contributed by atoms with Gasteiger partial charge in [0.05, 0.1) is 18.7 Å². The molecule has 0 amide bonds. The van der Waals surface area contributed by atoms with Crippen molar-refractivity contribution in [2.75, 3.05) is 6.61 Å². The molecule has 2 N–H and O–H groups in total. The number of nitrogens with two attached hydrogens (primary N) is 1. The first-order valence-corrected chi connectivity index (χ1v) is 5.25. The molecule has 86 valence electrons. The van der Waals surface area contributed by atoms with E-state index in [1.54, 1.807) is 6.20 Å². The van der Waals surface area contributed by atoms with Gasteiger partial charge in [-0.15, -0.1) is 0 Å². The van der Waals surface area contributed by atoms with E-state index in [0.717, 1.165) is 0 Å². The lowest BCUT2D eigenvalue weighted by atomic mass is 9.82. The zero-order valence-corrected chi connectivity index (χ0v) is 9.05. The highest BCUT2D eigenvalue weighted by atomic mass is 16.5. The minimum absolute atomic E-state index is 0.0645. The summed E-state index contributed by atoms with van der Waals surface area (Å²) in [5, 5.41) is 1.28. The average molecular weight is 222 g/mol. The second kappa shape index (κ2) is 4.09. The molecular weight excluding hydrogens is 208 g/mol. The molecule has 16 heavy (non-hydrogen) atoms. The second-order valence-corrected chi connectivity index (χ2v) is 3.87. The topological polar surface area (TPSA) is 72.6 Å². The third-order valence-electron chi connectivity index (χ3n) is 2.82. The Morgan fingerprint density at radius 3 is 2.81 bits per heavy atom. The monoisotopic (exact) mass is 222 g/mol. The maximum atomic E-state index is 11.7. The summed E-state index contributed by atoms with van der Waals surface area (Å²) in [6, 6.07) is -0.568. The van der Waals surface area contributed by atoms with Crippen molar-refractivity contribution in [3.8, 4) is 0 Å². The first kappa shape index (κ1) is 10.9. The molecule has 1 aliphatic carbocycles. The molecule has 1 aliphatic heterocycles. The van der Waals surface area contributed by atoms with Gasteiger partial charge in [0.25, 0.3) is 0 Å². The number of hydrazine groups is 1. The van der Waals surface area contributed by atoms with Crippen molar-refractivity contribution < 1.29 is 14.3 Å². The van der Waals surface area contributed by atoms with Gasteiger partial charge in [0.2, 0.25) is 0 Å². The Balaban J connectivity index is 2.27. The predicted octanol–water partition coefficient (Wildman–Crippen LogP) is 0.136. The van der Waals surface area contributed by atoms with Crippen LogP contribution in [0.3, 0.4) is 0 Å². The first-order valence-electron chi connectivity index (χ1n) is 5.25. The van der Waals surface area contributed by atoms with Gasteiger partial charge in [0, 0.05) is 6.42 Å². The Hall–Kier alpha value is -1.62. The quantitative estimate of drug-likeness (QED) is 0.673. The summed E-state index contributed by atoms with van der Waals surface area (Å²) < 4.78 is 5.34. The fourth-order valence-electron chi connectivity index (χ4n) is 2.10. The Morgan fingerprint density at radius 2 is 2.12 bits per heavy atom. The molecule has 2 rings (SSSR count). The Morgan fingerprint density at radius 1 is 1.44 bits per heavy atom. The molecule has 0 bridgehead atoms. The van der Waals surface area contributed by atoms with Crippen molar-refractivity contribution in [1.29, 1.82) is 0 Å². The van der Waals surface area contributed by atoms with Crippen molar-refractivity contribution in [1.82, 2.24) is 5.01 Å². The van der Waals surface area contributed by atoms with E-state index in [0.29, 0.717) is 18.8 Å². The molecule has 0 aromatic carbocycles. The number of hydrogen-bond donors (Lipinski definition) is 1. The fourth-order valence-corrected chi connectivity index (χ4v) is 2.10. The molecule has 0 aromatic heterocycles. The molecule has 0 aromatic rings. The highest BCUT2D eigenvalue weighted by Gasteiger charge is 2.40. The third-order valence-corrected chi connectivity index (χ3v) is 2.82. The highest BCUT2D eigenvalue weighted by Crippen LogP contribution is 2.29. The number of allylic oxidation sites excluding steroid dienone is 2. The van der Waals surface area contributed by atoms with E-state index in [9.17, 15) is 9.59 Å². The number of carbonyl (C=O) groups excluding carboxylic acids is 2. The van der Waals surface area contributed by atoms with Crippen molar-refractivity contribution in [2.24, 2.45) is 11.8 Å². The van der Waals surface area contributed by atoms with Gasteiger partial charge >= 0.3 is 0 Å². The number of hydrogen-bond acceptors (Lipinski definition) is 5. The highest BCUT2D eigenvalue weighted by molar-refractivity contribution is 6.09. The number of carbonyl (C=O) groups is 2. The van der Waals surface area contributed by atoms with Crippen LogP contribution in [0.1, 0.15) is 13.3 Å². The van der Waals surface area contributed by atoms with Gasteiger partial charge in [0.1, 0.15) is 11.8 Å². The van der Waals surface area contributed by atoms with Crippen molar-refractivity contribution in [3.63, 3.8) is 0 Å². The SMILES string of the molecule is CCOC1=CN(N)C2C(=O)C=CC(=O)C2C1. The van der Waals surface area contributed by atoms with E-state index in [1.807, 2.05) is 6.92 Å². The number of ether oxygens (including phenoxy) is 1. The van der Waals surface area contributed by atoms with Crippen LogP contribution in [-0.2, 0) is 14.3 Å². The number of ketones is 2. The summed E-state index contributed by atoms with van der Waals surface area (Å²) in [4.78, 5) is 23.3. The van der Waals surface area contributed by atoms with Gasteiger partial charge < -0.3 is 9.75 Å². The van der Waals surface area contributed by atoms with Crippen LogP contribution >= 0.6 is 0 Å². The van der Waals surface area contributed by atoms with Crippen LogP contribution in [-0.4, -0.2) is 29.2 Å². The first-order chi connectivity index (χ1) is 7.63. The average Bonchev–Trinajstić information content (AvgIpc) is 2.23. The normalized spacial score (nSPS) is 28.9. The summed E-state index contributed by atoms with van der Waals surface area (Å²) in [6.45, 7) is 2.39. The minimum atomic E-state index is -0.568. The van der Waals surface area contributed by atoms with Gasteiger partial charge in [-0.3, -0.25) is 9.59 Å². The molecule has 2 aliphatic rings. The van der Waals surface area contributed by atoms with Crippen LogP contribution in [0.2, 0.25) is 0 Å². The van der Waals surface area contributed by atoms with Gasteiger partial charge in [-0.05, 0) is 19.1 Å². The molecule has 0 saturated heterocycles. The van der Waals surface area contributed by atoms with E-state index in [2.05, 4.69) is 0 Å². The largest absolute Gasteiger partial charge is 0.497 e. The summed E-state index contributed by atoms with van der Waals surface area (Å²) in [7, 11) is 0. The van der Waals surface area contributed by atoms with Crippen LogP contribution in [0.15, 0.2) is 24.1 Å². The van der Waals surface area contributed by atoms with E-state index in [1.165, 1.54) is 17.2 Å². The van der Waals surface area contributed by atoms with Crippen molar-refractivity contribution >= 4 is 11.6 Å². The predicted molar refractivity (Wildman–Crippen MR) is 56.8 cm³/mol. The summed E-state index contributed by atoms with van der Waals surface area (Å²) in [5.74, 6) is 5.79. The third kappa shape index (κ3) is 1.74. The molecule has 0 radical (unpaired) electrons. The fraction of sp³-hybridized carbons (Fsp3) is 0.455. The van der Waals surface area contributed by atoms with Gasteiger partial charge in [-0.2, -0.15) is 0 Å². The molecule has 0 spiro atoms. The Labute approximate surface area is 93.5 Å². The van der Waals surface area contributed by atoms with Crippen molar-refractivity contribution in [3.05, 3.63) is 24.1 Å². The number of nitrogens with zero attached hydrogens (tertiary/aromatic N) is 1. The smallest absolute Gasteiger partial charge is 0.180 e. The van der Waals surface area contributed by atoms with Crippen LogP contribution < -0.4 is 5.84 Å². The molecular formula is C11H14N2O3. The van der Waals surface area contributed by atoms with Gasteiger partial charge in [-0.25, -0.2) is 5.84 Å². The van der Waals surface area contributed by atoms with E-state index >= 15 is 0 Å². The maximum Gasteiger partial charge on any atom is 0.180 e. The van der Waals surface area contributed by atoms with Crippen LogP contribution in [0.25, 0.3) is 0 Å². The van der Waals surface area contributed by atoms with Crippen LogP contribution in [0, 0.1) is 5.92 Å². The van der Waals surface area contributed by atoms with Crippen molar-refractivity contribution in [2.45, 2.75) is 19.4 Å². The zero-order chi connectivity index (χ0) is 11.7. The summed E-state index contributed by atoms with van der Waals surface area (Å²) in [5.41, 5.74) is 0.